The molecule has 1 heterocycles. The number of aliphatic carboxylic acids is 1. The average Bonchev–Trinajstić information content (AvgIpc) is 2.65. The van der Waals surface area contributed by atoms with Crippen molar-refractivity contribution in [3.8, 4) is 0 Å². The van der Waals surface area contributed by atoms with E-state index in [2.05, 4.69) is 0 Å². The first kappa shape index (κ1) is 21.5. The fraction of sp³-hybridized carbons (Fsp3) is 0.524. The summed E-state index contributed by atoms with van der Waals surface area (Å²) >= 11 is 1.41. The van der Waals surface area contributed by atoms with Gasteiger partial charge >= 0.3 is 5.97 Å². The van der Waals surface area contributed by atoms with E-state index in [1.165, 1.54) is 11.8 Å². The maximum Gasteiger partial charge on any atom is 0.313 e. The molecule has 6 heteroatoms. The van der Waals surface area contributed by atoms with Gasteiger partial charge in [-0.25, -0.2) is 0 Å². The normalized spacial score (nSPS) is 18.8. The van der Waals surface area contributed by atoms with Crippen LogP contribution in [0.2, 0.25) is 0 Å². The Hall–Kier alpha value is -1.79. The molecule has 0 saturated carbocycles. The van der Waals surface area contributed by atoms with Crippen molar-refractivity contribution in [1.82, 2.24) is 4.90 Å². The van der Waals surface area contributed by atoms with Gasteiger partial charge < -0.3 is 15.1 Å². The van der Waals surface area contributed by atoms with Crippen LogP contribution in [0.5, 0.6) is 0 Å². The summed E-state index contributed by atoms with van der Waals surface area (Å²) in [7, 11) is 0. The second-order valence-corrected chi connectivity index (χ2v) is 7.95. The smallest absolute Gasteiger partial charge is 0.313 e. The molecule has 1 amide bonds. The lowest BCUT2D eigenvalue weighted by Gasteiger charge is -2.34. The molecule has 0 aliphatic carbocycles. The lowest BCUT2D eigenvalue weighted by molar-refractivity contribution is -0.135. The Bertz CT molecular complexity index is 620. The number of nitrogens with zero attached hydrogens (tertiary/aromatic N) is 1. The van der Waals surface area contributed by atoms with E-state index in [1.54, 1.807) is 0 Å². The molecule has 1 fully saturated rings. The SMILES string of the molecule is O=C(O)CSCCCCN1C(=O)CCC[C@@H]1/C=C/C(O)Cc1ccccc1. The Morgan fingerprint density at radius 3 is 2.81 bits per heavy atom. The first-order valence-corrected chi connectivity index (χ1v) is 10.7. The van der Waals surface area contributed by atoms with E-state index in [0.29, 0.717) is 19.4 Å². The third kappa shape index (κ3) is 8.18. The number of benzene rings is 1. The number of carboxylic acid groups (broad SMARTS) is 1. The molecular weight excluding hydrogens is 362 g/mol. The van der Waals surface area contributed by atoms with Gasteiger partial charge in [0, 0.05) is 19.4 Å². The largest absolute Gasteiger partial charge is 0.481 e. The van der Waals surface area contributed by atoms with Gasteiger partial charge in [-0.1, -0.05) is 42.5 Å². The van der Waals surface area contributed by atoms with Gasteiger partial charge in [0.1, 0.15) is 0 Å². The van der Waals surface area contributed by atoms with E-state index in [0.717, 1.165) is 37.0 Å². The summed E-state index contributed by atoms with van der Waals surface area (Å²) in [6, 6.07) is 9.91. The van der Waals surface area contributed by atoms with Crippen molar-refractivity contribution < 1.29 is 19.8 Å². The second kappa shape index (κ2) is 11.8. The first-order valence-electron chi connectivity index (χ1n) is 9.55. The Morgan fingerprint density at radius 1 is 1.30 bits per heavy atom. The van der Waals surface area contributed by atoms with Crippen LogP contribution in [0.4, 0.5) is 0 Å². The summed E-state index contributed by atoms with van der Waals surface area (Å²) in [6.07, 6.45) is 7.96. The molecule has 1 aromatic rings. The molecule has 0 spiro atoms. The van der Waals surface area contributed by atoms with Crippen molar-refractivity contribution in [3.05, 3.63) is 48.0 Å². The summed E-state index contributed by atoms with van der Waals surface area (Å²) < 4.78 is 0. The van der Waals surface area contributed by atoms with Crippen LogP contribution in [-0.4, -0.2) is 57.2 Å². The molecule has 2 atom stereocenters. The van der Waals surface area contributed by atoms with Gasteiger partial charge in [0.15, 0.2) is 0 Å². The summed E-state index contributed by atoms with van der Waals surface area (Å²) in [5, 5.41) is 18.9. The van der Waals surface area contributed by atoms with Gasteiger partial charge in [-0.15, -0.1) is 0 Å². The first-order chi connectivity index (χ1) is 13.1. The molecule has 148 valence electrons. The molecule has 0 aromatic heterocycles. The van der Waals surface area contributed by atoms with E-state index in [-0.39, 0.29) is 17.7 Å². The fourth-order valence-electron chi connectivity index (χ4n) is 3.26. The number of likely N-dealkylation sites (tertiary alicyclic amines) is 1. The molecule has 5 nitrogen and oxygen atoms in total. The predicted octanol–water partition coefficient (Wildman–Crippen LogP) is 3.13. The van der Waals surface area contributed by atoms with E-state index in [4.69, 9.17) is 5.11 Å². The van der Waals surface area contributed by atoms with E-state index >= 15 is 0 Å². The van der Waals surface area contributed by atoms with Crippen molar-refractivity contribution in [2.45, 2.75) is 50.7 Å². The van der Waals surface area contributed by atoms with Gasteiger partial charge in [0.25, 0.3) is 0 Å². The maximum atomic E-state index is 12.3. The molecule has 1 unspecified atom stereocenters. The van der Waals surface area contributed by atoms with Crippen molar-refractivity contribution >= 4 is 23.6 Å². The fourth-order valence-corrected chi connectivity index (χ4v) is 3.99. The highest BCUT2D eigenvalue weighted by atomic mass is 32.2. The van der Waals surface area contributed by atoms with Crippen LogP contribution < -0.4 is 0 Å². The lowest BCUT2D eigenvalue weighted by atomic mass is 9.99. The molecule has 1 aromatic carbocycles. The van der Waals surface area contributed by atoms with Crippen LogP contribution in [0.25, 0.3) is 0 Å². The Kier molecular flexibility index (Phi) is 9.42. The van der Waals surface area contributed by atoms with Gasteiger partial charge in [-0.2, -0.15) is 11.8 Å². The van der Waals surface area contributed by atoms with Crippen LogP contribution in [0, 0.1) is 0 Å². The number of hydrogen-bond acceptors (Lipinski definition) is 4. The third-order valence-corrected chi connectivity index (χ3v) is 5.65. The maximum absolute atomic E-state index is 12.3. The number of piperidine rings is 1. The minimum atomic E-state index is -0.787. The quantitative estimate of drug-likeness (QED) is 0.448. The molecular formula is C21H29NO4S. The van der Waals surface area contributed by atoms with Gasteiger partial charge in [-0.3, -0.25) is 9.59 Å². The number of amides is 1. The Balaban J connectivity index is 1.79. The van der Waals surface area contributed by atoms with Crippen LogP contribution >= 0.6 is 11.8 Å². The zero-order chi connectivity index (χ0) is 19.5. The number of thioether (sulfide) groups is 1. The minimum Gasteiger partial charge on any atom is -0.481 e. The van der Waals surface area contributed by atoms with Crippen LogP contribution in [0.15, 0.2) is 42.5 Å². The van der Waals surface area contributed by atoms with Crippen molar-refractivity contribution in [2.24, 2.45) is 0 Å². The topological polar surface area (TPSA) is 77.8 Å². The summed E-state index contributed by atoms with van der Waals surface area (Å²) in [4.78, 5) is 24.7. The summed E-state index contributed by atoms with van der Waals surface area (Å²) in [5.74, 6) is 0.315. The highest BCUT2D eigenvalue weighted by Crippen LogP contribution is 2.21. The van der Waals surface area contributed by atoms with E-state index in [9.17, 15) is 14.7 Å². The predicted molar refractivity (Wildman–Crippen MR) is 109 cm³/mol. The van der Waals surface area contributed by atoms with Gasteiger partial charge in [0.05, 0.1) is 17.9 Å². The van der Waals surface area contributed by atoms with E-state index < -0.39 is 12.1 Å². The monoisotopic (exact) mass is 391 g/mol. The number of carbonyl (C=O) groups is 2. The minimum absolute atomic E-state index is 0.0448. The number of rotatable bonds is 11. The van der Waals surface area contributed by atoms with Crippen LogP contribution in [0.3, 0.4) is 0 Å². The molecule has 2 rings (SSSR count). The number of aliphatic hydroxyl groups is 1. The van der Waals surface area contributed by atoms with Crippen LogP contribution in [0.1, 0.15) is 37.7 Å². The zero-order valence-electron chi connectivity index (χ0n) is 15.6. The highest BCUT2D eigenvalue weighted by Gasteiger charge is 2.25. The van der Waals surface area contributed by atoms with Crippen molar-refractivity contribution in [2.75, 3.05) is 18.1 Å². The third-order valence-electron chi connectivity index (χ3n) is 4.62. The second-order valence-electron chi connectivity index (χ2n) is 6.84. The summed E-state index contributed by atoms with van der Waals surface area (Å²) in [5.41, 5.74) is 1.09. The number of unbranched alkanes of at least 4 members (excludes halogenated alkanes) is 1. The average molecular weight is 392 g/mol. The summed E-state index contributed by atoms with van der Waals surface area (Å²) in [6.45, 7) is 0.691. The number of aliphatic hydroxyl groups excluding tert-OH is 1. The van der Waals surface area contributed by atoms with E-state index in [1.807, 2.05) is 47.4 Å². The number of carboxylic acids is 1. The van der Waals surface area contributed by atoms with Crippen molar-refractivity contribution in [3.63, 3.8) is 0 Å². The van der Waals surface area contributed by atoms with Crippen molar-refractivity contribution in [1.29, 1.82) is 0 Å². The highest BCUT2D eigenvalue weighted by molar-refractivity contribution is 7.99. The molecule has 0 bridgehead atoms. The molecule has 1 aliphatic rings. The zero-order valence-corrected chi connectivity index (χ0v) is 16.4. The Labute approximate surface area is 165 Å². The molecule has 27 heavy (non-hydrogen) atoms. The van der Waals surface area contributed by atoms with Gasteiger partial charge in [0.2, 0.25) is 5.91 Å². The number of hydrogen-bond donors (Lipinski definition) is 2. The molecule has 1 aliphatic heterocycles. The molecule has 1 saturated heterocycles. The van der Waals surface area contributed by atoms with Crippen LogP contribution in [-0.2, 0) is 16.0 Å². The molecule has 2 N–H and O–H groups in total. The lowest BCUT2D eigenvalue weighted by Crippen LogP contribution is -2.43. The Morgan fingerprint density at radius 2 is 2.07 bits per heavy atom. The molecule has 0 radical (unpaired) electrons. The van der Waals surface area contributed by atoms with Gasteiger partial charge in [-0.05, 0) is 37.0 Å². The number of carbonyl (C=O) groups excluding carboxylic acids is 1. The standard InChI is InChI=1S/C21H29NO4S/c23-19(15-17-7-2-1-3-8-17)12-11-18-9-6-10-20(24)22(18)13-4-5-14-27-16-21(25)26/h1-3,7-8,11-12,18-19,23H,4-6,9-10,13-16H2,(H,25,26)/b12-11+/t18-,19?/m1/s1.